The SMILES string of the molecule is CN(c1cnc2ccccc2c1)C1CCNCC1. The van der Waals surface area contributed by atoms with Gasteiger partial charge >= 0.3 is 0 Å². The van der Waals surface area contributed by atoms with Crippen LogP contribution in [0.5, 0.6) is 0 Å². The minimum absolute atomic E-state index is 0.634. The fraction of sp³-hybridized carbons (Fsp3) is 0.400. The molecule has 0 atom stereocenters. The zero-order valence-electron chi connectivity index (χ0n) is 10.8. The lowest BCUT2D eigenvalue weighted by Gasteiger charge is -2.33. The van der Waals surface area contributed by atoms with Crippen LogP contribution in [-0.2, 0) is 0 Å². The predicted octanol–water partition coefficient (Wildman–Crippen LogP) is 2.42. The molecular weight excluding hydrogens is 222 g/mol. The molecule has 0 bridgehead atoms. The summed E-state index contributed by atoms with van der Waals surface area (Å²) in [7, 11) is 2.18. The average Bonchev–Trinajstić information content (AvgIpc) is 2.47. The number of nitrogens with one attached hydrogen (secondary N) is 1. The maximum atomic E-state index is 4.54. The number of anilines is 1. The second kappa shape index (κ2) is 4.94. The molecule has 0 aliphatic carbocycles. The largest absolute Gasteiger partial charge is 0.370 e. The van der Waals surface area contributed by atoms with Gasteiger partial charge in [0.05, 0.1) is 17.4 Å². The summed E-state index contributed by atoms with van der Waals surface area (Å²) in [6.45, 7) is 2.24. The van der Waals surface area contributed by atoms with Crippen molar-refractivity contribution in [3.63, 3.8) is 0 Å². The van der Waals surface area contributed by atoms with E-state index in [1.807, 2.05) is 12.3 Å². The summed E-state index contributed by atoms with van der Waals surface area (Å²) >= 11 is 0. The van der Waals surface area contributed by atoms with Crippen LogP contribution in [0.4, 0.5) is 5.69 Å². The number of fused-ring (bicyclic) bond motifs is 1. The molecule has 0 spiro atoms. The van der Waals surface area contributed by atoms with Crippen molar-refractivity contribution in [1.82, 2.24) is 10.3 Å². The van der Waals surface area contributed by atoms with E-state index in [9.17, 15) is 0 Å². The van der Waals surface area contributed by atoms with Gasteiger partial charge in [0, 0.05) is 18.5 Å². The molecule has 3 nitrogen and oxygen atoms in total. The molecule has 1 aliphatic rings. The van der Waals surface area contributed by atoms with Gasteiger partial charge in [-0.3, -0.25) is 4.98 Å². The van der Waals surface area contributed by atoms with Crippen LogP contribution in [0.15, 0.2) is 36.5 Å². The van der Waals surface area contributed by atoms with Crippen LogP contribution in [0.25, 0.3) is 10.9 Å². The Kier molecular flexibility index (Phi) is 3.15. The Morgan fingerprint density at radius 2 is 2.00 bits per heavy atom. The Morgan fingerprint density at radius 1 is 1.22 bits per heavy atom. The smallest absolute Gasteiger partial charge is 0.0703 e. The second-order valence-corrected chi connectivity index (χ2v) is 4.98. The van der Waals surface area contributed by atoms with Gasteiger partial charge < -0.3 is 10.2 Å². The fourth-order valence-electron chi connectivity index (χ4n) is 2.66. The van der Waals surface area contributed by atoms with Crippen molar-refractivity contribution in [2.24, 2.45) is 0 Å². The quantitative estimate of drug-likeness (QED) is 0.875. The molecule has 1 aromatic carbocycles. The summed E-state index contributed by atoms with van der Waals surface area (Å²) in [5.41, 5.74) is 2.29. The number of nitrogens with zero attached hydrogens (tertiary/aromatic N) is 2. The highest BCUT2D eigenvalue weighted by Crippen LogP contribution is 2.22. The molecule has 0 unspecified atom stereocenters. The van der Waals surface area contributed by atoms with Gasteiger partial charge in [0.1, 0.15) is 0 Å². The Bertz CT molecular complexity index is 532. The topological polar surface area (TPSA) is 28.2 Å². The first-order chi connectivity index (χ1) is 8.84. The summed E-state index contributed by atoms with van der Waals surface area (Å²) < 4.78 is 0. The molecule has 1 N–H and O–H groups in total. The van der Waals surface area contributed by atoms with Gasteiger partial charge in [-0.25, -0.2) is 0 Å². The molecule has 1 aromatic heterocycles. The number of piperidine rings is 1. The van der Waals surface area contributed by atoms with E-state index in [0.717, 1.165) is 18.6 Å². The number of rotatable bonds is 2. The summed E-state index contributed by atoms with van der Waals surface area (Å²) in [6, 6.07) is 11.2. The van der Waals surface area contributed by atoms with Crippen molar-refractivity contribution in [1.29, 1.82) is 0 Å². The van der Waals surface area contributed by atoms with Crippen LogP contribution in [0.1, 0.15) is 12.8 Å². The molecule has 1 aliphatic heterocycles. The maximum Gasteiger partial charge on any atom is 0.0703 e. The Hall–Kier alpha value is -1.61. The summed E-state index contributed by atoms with van der Waals surface area (Å²) in [5, 5.41) is 4.63. The van der Waals surface area contributed by atoms with Crippen molar-refractivity contribution < 1.29 is 0 Å². The lowest BCUT2D eigenvalue weighted by molar-refractivity contribution is 0.443. The molecule has 1 saturated heterocycles. The Morgan fingerprint density at radius 3 is 2.83 bits per heavy atom. The molecule has 3 heteroatoms. The minimum Gasteiger partial charge on any atom is -0.370 e. The van der Waals surface area contributed by atoms with Crippen LogP contribution in [0.2, 0.25) is 0 Å². The molecule has 2 aromatic rings. The van der Waals surface area contributed by atoms with E-state index in [2.05, 4.69) is 46.5 Å². The third kappa shape index (κ3) is 2.18. The molecular formula is C15H19N3. The van der Waals surface area contributed by atoms with E-state index >= 15 is 0 Å². The third-order valence-electron chi connectivity index (χ3n) is 3.84. The lowest BCUT2D eigenvalue weighted by atomic mass is 10.0. The Balaban J connectivity index is 1.88. The zero-order valence-corrected chi connectivity index (χ0v) is 10.8. The van der Waals surface area contributed by atoms with Gasteiger partial charge in [-0.2, -0.15) is 0 Å². The highest BCUT2D eigenvalue weighted by atomic mass is 15.1. The number of hydrogen-bond donors (Lipinski definition) is 1. The van der Waals surface area contributed by atoms with Gasteiger partial charge in [-0.1, -0.05) is 18.2 Å². The molecule has 2 heterocycles. The highest BCUT2D eigenvalue weighted by Gasteiger charge is 2.18. The standard InChI is InChI=1S/C15H19N3/c1-18(13-6-8-16-9-7-13)14-10-12-4-2-3-5-15(12)17-11-14/h2-5,10-11,13,16H,6-9H2,1H3. The van der Waals surface area contributed by atoms with E-state index in [1.165, 1.54) is 23.9 Å². The minimum atomic E-state index is 0.634. The number of pyridine rings is 1. The number of aromatic nitrogens is 1. The van der Waals surface area contributed by atoms with Crippen molar-refractivity contribution >= 4 is 16.6 Å². The summed E-state index contributed by atoms with van der Waals surface area (Å²) in [6.07, 6.45) is 4.41. The fourth-order valence-corrected chi connectivity index (χ4v) is 2.66. The molecule has 94 valence electrons. The van der Waals surface area contributed by atoms with E-state index in [1.54, 1.807) is 0 Å². The number of hydrogen-bond acceptors (Lipinski definition) is 3. The molecule has 0 radical (unpaired) electrons. The van der Waals surface area contributed by atoms with E-state index in [0.29, 0.717) is 6.04 Å². The van der Waals surface area contributed by atoms with Crippen molar-refractivity contribution in [3.8, 4) is 0 Å². The van der Waals surface area contributed by atoms with Gasteiger partial charge in [0.2, 0.25) is 0 Å². The predicted molar refractivity (Wildman–Crippen MR) is 76.0 cm³/mol. The maximum absolute atomic E-state index is 4.54. The van der Waals surface area contributed by atoms with Gasteiger partial charge in [0.25, 0.3) is 0 Å². The van der Waals surface area contributed by atoms with Crippen LogP contribution < -0.4 is 10.2 Å². The van der Waals surface area contributed by atoms with Crippen LogP contribution >= 0.6 is 0 Å². The normalized spacial score (nSPS) is 16.9. The lowest BCUT2D eigenvalue weighted by Crippen LogP contribution is -2.41. The highest BCUT2D eigenvalue weighted by molar-refractivity contribution is 5.81. The number of benzene rings is 1. The molecule has 18 heavy (non-hydrogen) atoms. The first-order valence-corrected chi connectivity index (χ1v) is 6.63. The molecule has 0 amide bonds. The first-order valence-electron chi connectivity index (χ1n) is 6.63. The Labute approximate surface area is 108 Å². The van der Waals surface area contributed by atoms with Crippen molar-refractivity contribution in [3.05, 3.63) is 36.5 Å². The van der Waals surface area contributed by atoms with Crippen LogP contribution in [-0.4, -0.2) is 31.2 Å². The summed E-state index contributed by atoms with van der Waals surface area (Å²) in [4.78, 5) is 6.92. The average molecular weight is 241 g/mol. The van der Waals surface area contributed by atoms with Crippen LogP contribution in [0, 0.1) is 0 Å². The second-order valence-electron chi connectivity index (χ2n) is 4.98. The van der Waals surface area contributed by atoms with E-state index in [4.69, 9.17) is 0 Å². The monoisotopic (exact) mass is 241 g/mol. The molecule has 3 rings (SSSR count). The van der Waals surface area contributed by atoms with Gasteiger partial charge in [-0.05, 0) is 38.1 Å². The van der Waals surface area contributed by atoms with Gasteiger partial charge in [0.15, 0.2) is 0 Å². The molecule has 0 saturated carbocycles. The number of para-hydroxylation sites is 1. The van der Waals surface area contributed by atoms with Crippen molar-refractivity contribution in [2.75, 3.05) is 25.0 Å². The zero-order chi connectivity index (χ0) is 12.4. The van der Waals surface area contributed by atoms with E-state index in [-0.39, 0.29) is 0 Å². The van der Waals surface area contributed by atoms with Crippen molar-refractivity contribution in [2.45, 2.75) is 18.9 Å². The third-order valence-corrected chi connectivity index (χ3v) is 3.84. The van der Waals surface area contributed by atoms with Gasteiger partial charge in [-0.15, -0.1) is 0 Å². The molecule has 1 fully saturated rings. The first kappa shape index (κ1) is 11.5. The summed E-state index contributed by atoms with van der Waals surface area (Å²) in [5.74, 6) is 0. The van der Waals surface area contributed by atoms with Crippen LogP contribution in [0.3, 0.4) is 0 Å². The van der Waals surface area contributed by atoms with E-state index < -0.39 is 0 Å².